The minimum Gasteiger partial charge on any atom is -0.358 e. The molecule has 0 unspecified atom stereocenters. The molecule has 0 bridgehead atoms. The summed E-state index contributed by atoms with van der Waals surface area (Å²) in [5.41, 5.74) is 4.59. The first kappa shape index (κ1) is 16.8. The van der Waals surface area contributed by atoms with Gasteiger partial charge in [-0.25, -0.2) is 8.78 Å². The van der Waals surface area contributed by atoms with Crippen LogP contribution in [-0.4, -0.2) is 17.4 Å². The Kier molecular flexibility index (Phi) is 4.45. The lowest BCUT2D eigenvalue weighted by Crippen LogP contribution is -2.26. The van der Waals surface area contributed by atoms with Gasteiger partial charge in [0.2, 0.25) is 0 Å². The Hall–Kier alpha value is -2.69. The number of aromatic nitrogens is 1. The van der Waals surface area contributed by atoms with Gasteiger partial charge in [-0.05, 0) is 61.4 Å². The highest BCUT2D eigenvalue weighted by Crippen LogP contribution is 2.30. The number of nitrogens with one attached hydrogen (secondary N) is 2. The van der Waals surface area contributed by atoms with Gasteiger partial charge in [-0.1, -0.05) is 12.1 Å². The van der Waals surface area contributed by atoms with Gasteiger partial charge in [0.15, 0.2) is 0 Å². The largest absolute Gasteiger partial charge is 0.358 e. The number of hydrogen-bond acceptors (Lipinski definition) is 1. The van der Waals surface area contributed by atoms with E-state index in [4.69, 9.17) is 0 Å². The molecule has 0 radical (unpaired) electrons. The summed E-state index contributed by atoms with van der Waals surface area (Å²) in [6.45, 7) is 0.318. The summed E-state index contributed by atoms with van der Waals surface area (Å²) >= 11 is 0. The van der Waals surface area contributed by atoms with Gasteiger partial charge >= 0.3 is 0 Å². The van der Waals surface area contributed by atoms with Crippen LogP contribution in [0.2, 0.25) is 0 Å². The van der Waals surface area contributed by atoms with E-state index in [1.165, 1.54) is 36.2 Å². The first-order chi connectivity index (χ1) is 12.6. The fourth-order valence-corrected chi connectivity index (χ4v) is 3.79. The molecule has 1 aliphatic carbocycles. The van der Waals surface area contributed by atoms with Gasteiger partial charge in [0.05, 0.1) is 11.1 Å². The summed E-state index contributed by atoms with van der Waals surface area (Å²) < 4.78 is 26.5. The van der Waals surface area contributed by atoms with Crippen molar-refractivity contribution in [2.45, 2.75) is 32.1 Å². The predicted molar refractivity (Wildman–Crippen MR) is 97.3 cm³/mol. The van der Waals surface area contributed by atoms with Crippen molar-refractivity contribution in [2.24, 2.45) is 0 Å². The maximum Gasteiger partial charge on any atom is 0.253 e. The average Bonchev–Trinajstić information content (AvgIpc) is 2.99. The number of hydrogen-bond donors (Lipinski definition) is 2. The first-order valence-corrected chi connectivity index (χ1v) is 8.97. The number of fused-ring (bicyclic) bond motifs is 3. The van der Waals surface area contributed by atoms with Crippen molar-refractivity contribution in [3.8, 4) is 0 Å². The number of para-hydroxylation sites is 1. The van der Waals surface area contributed by atoms with Crippen molar-refractivity contribution in [3.05, 3.63) is 70.4 Å². The van der Waals surface area contributed by atoms with E-state index in [0.29, 0.717) is 24.1 Å². The second kappa shape index (κ2) is 6.90. The highest BCUT2D eigenvalue weighted by molar-refractivity contribution is 6.06. The molecule has 1 heterocycles. The monoisotopic (exact) mass is 354 g/mol. The molecule has 0 spiro atoms. The molecule has 134 valence electrons. The topological polar surface area (TPSA) is 44.9 Å². The van der Waals surface area contributed by atoms with Crippen molar-refractivity contribution in [3.63, 3.8) is 0 Å². The van der Waals surface area contributed by atoms with E-state index in [2.05, 4.69) is 16.4 Å². The number of halogens is 2. The highest BCUT2D eigenvalue weighted by atomic mass is 19.1. The average molecular weight is 354 g/mol. The lowest BCUT2D eigenvalue weighted by molar-refractivity contribution is 0.0955. The number of aryl methyl sites for hydroxylation is 2. The number of H-pyrrole nitrogens is 1. The van der Waals surface area contributed by atoms with E-state index in [1.54, 1.807) is 0 Å². The molecule has 1 aromatic heterocycles. The molecule has 0 atom stereocenters. The van der Waals surface area contributed by atoms with E-state index in [0.717, 1.165) is 29.8 Å². The van der Waals surface area contributed by atoms with Crippen LogP contribution in [0.4, 0.5) is 8.78 Å². The van der Waals surface area contributed by atoms with E-state index in [9.17, 15) is 13.6 Å². The van der Waals surface area contributed by atoms with E-state index >= 15 is 0 Å². The number of benzene rings is 2. The Balaban J connectivity index is 1.50. The molecule has 2 N–H and O–H groups in total. The molecule has 0 fully saturated rings. The third-order valence-electron chi connectivity index (χ3n) is 5.00. The lowest BCUT2D eigenvalue weighted by Gasteiger charge is -2.10. The number of aromatic amines is 1. The molecule has 0 saturated heterocycles. The maximum atomic E-state index is 13.2. The van der Waals surface area contributed by atoms with Crippen molar-refractivity contribution in [1.82, 2.24) is 10.3 Å². The Bertz CT molecular complexity index is 957. The van der Waals surface area contributed by atoms with Gasteiger partial charge < -0.3 is 10.3 Å². The SMILES string of the molecule is O=C(NCCc1cc(F)cc(F)c1)c1cccc2c3c([nH]c12)CCCC3. The van der Waals surface area contributed by atoms with Crippen LogP contribution in [0.3, 0.4) is 0 Å². The van der Waals surface area contributed by atoms with Crippen LogP contribution < -0.4 is 5.32 Å². The van der Waals surface area contributed by atoms with Crippen molar-refractivity contribution < 1.29 is 13.6 Å². The Morgan fingerprint density at radius 2 is 1.85 bits per heavy atom. The normalized spacial score (nSPS) is 13.6. The third-order valence-corrected chi connectivity index (χ3v) is 5.00. The third kappa shape index (κ3) is 3.21. The molecule has 0 aliphatic heterocycles. The van der Waals surface area contributed by atoms with Crippen LogP contribution in [0.25, 0.3) is 10.9 Å². The van der Waals surface area contributed by atoms with Crippen LogP contribution in [0.15, 0.2) is 36.4 Å². The second-order valence-corrected chi connectivity index (χ2v) is 6.80. The van der Waals surface area contributed by atoms with Crippen LogP contribution in [0, 0.1) is 11.6 Å². The minimum absolute atomic E-state index is 0.175. The molecule has 2 aromatic carbocycles. The molecular formula is C21H20F2N2O. The fraction of sp³-hybridized carbons (Fsp3) is 0.286. The van der Waals surface area contributed by atoms with Crippen LogP contribution in [0.1, 0.15) is 40.0 Å². The number of rotatable bonds is 4. The smallest absolute Gasteiger partial charge is 0.253 e. The van der Waals surface area contributed by atoms with E-state index in [1.807, 2.05) is 12.1 Å². The molecule has 1 aliphatic rings. The molecule has 0 saturated carbocycles. The molecule has 1 amide bonds. The van der Waals surface area contributed by atoms with Gasteiger partial charge in [0.25, 0.3) is 5.91 Å². The fourth-order valence-electron chi connectivity index (χ4n) is 3.79. The first-order valence-electron chi connectivity index (χ1n) is 8.97. The quantitative estimate of drug-likeness (QED) is 0.721. The summed E-state index contributed by atoms with van der Waals surface area (Å²) in [7, 11) is 0. The van der Waals surface area contributed by atoms with Crippen molar-refractivity contribution >= 4 is 16.8 Å². The number of carbonyl (C=O) groups is 1. The van der Waals surface area contributed by atoms with E-state index in [-0.39, 0.29) is 5.91 Å². The van der Waals surface area contributed by atoms with Gasteiger partial charge in [0.1, 0.15) is 11.6 Å². The summed E-state index contributed by atoms with van der Waals surface area (Å²) in [5.74, 6) is -1.38. The predicted octanol–water partition coefficient (Wildman–Crippen LogP) is 4.30. The zero-order chi connectivity index (χ0) is 18.1. The van der Waals surface area contributed by atoms with Gasteiger partial charge in [-0.3, -0.25) is 4.79 Å². The summed E-state index contributed by atoms with van der Waals surface area (Å²) in [6.07, 6.45) is 4.80. The summed E-state index contributed by atoms with van der Waals surface area (Å²) in [6, 6.07) is 9.19. The molecule has 3 nitrogen and oxygen atoms in total. The maximum absolute atomic E-state index is 13.2. The van der Waals surface area contributed by atoms with Crippen LogP contribution in [0.5, 0.6) is 0 Å². The van der Waals surface area contributed by atoms with E-state index < -0.39 is 11.6 Å². The van der Waals surface area contributed by atoms with Crippen molar-refractivity contribution in [1.29, 1.82) is 0 Å². The van der Waals surface area contributed by atoms with Gasteiger partial charge in [0, 0.05) is 23.7 Å². The van der Waals surface area contributed by atoms with Crippen molar-refractivity contribution in [2.75, 3.05) is 6.54 Å². The van der Waals surface area contributed by atoms with Crippen LogP contribution >= 0.6 is 0 Å². The lowest BCUT2D eigenvalue weighted by atomic mass is 9.95. The number of carbonyl (C=O) groups excluding carboxylic acids is 1. The second-order valence-electron chi connectivity index (χ2n) is 6.80. The van der Waals surface area contributed by atoms with Gasteiger partial charge in [-0.2, -0.15) is 0 Å². The Morgan fingerprint density at radius 3 is 2.65 bits per heavy atom. The zero-order valence-corrected chi connectivity index (χ0v) is 14.4. The summed E-state index contributed by atoms with van der Waals surface area (Å²) in [5, 5.41) is 3.98. The minimum atomic E-state index is -0.604. The molecule has 4 rings (SSSR count). The summed E-state index contributed by atoms with van der Waals surface area (Å²) in [4.78, 5) is 16.0. The Morgan fingerprint density at radius 1 is 1.08 bits per heavy atom. The molecule has 5 heteroatoms. The standard InChI is InChI=1S/C21H20F2N2O/c22-14-10-13(11-15(23)12-14)8-9-24-21(26)18-6-3-5-17-16-4-1-2-7-19(16)25-20(17)18/h3,5-6,10-12,25H,1-2,4,7-9H2,(H,24,26). The van der Waals surface area contributed by atoms with Crippen LogP contribution in [-0.2, 0) is 19.3 Å². The highest BCUT2D eigenvalue weighted by Gasteiger charge is 2.19. The molecule has 3 aromatic rings. The zero-order valence-electron chi connectivity index (χ0n) is 14.4. The molecular weight excluding hydrogens is 334 g/mol. The Labute approximate surface area is 150 Å². The number of amides is 1. The molecule has 26 heavy (non-hydrogen) atoms. The van der Waals surface area contributed by atoms with Gasteiger partial charge in [-0.15, -0.1) is 0 Å².